The molecule has 0 saturated carbocycles. The van der Waals surface area contributed by atoms with Crippen molar-refractivity contribution in [2.24, 2.45) is 0 Å². The van der Waals surface area contributed by atoms with Gasteiger partial charge in [0.05, 0.1) is 19.0 Å². The van der Waals surface area contributed by atoms with Gasteiger partial charge in [0.2, 0.25) is 15.9 Å². The molecule has 0 spiro atoms. The maximum absolute atomic E-state index is 12.4. The van der Waals surface area contributed by atoms with Crippen molar-refractivity contribution in [1.82, 2.24) is 24.3 Å². The molecule has 0 aromatic carbocycles. The fourth-order valence-electron chi connectivity index (χ4n) is 3.43. The van der Waals surface area contributed by atoms with Crippen LogP contribution in [0.2, 0.25) is 0 Å². The number of methoxy groups -OCH3 is 1. The predicted molar refractivity (Wildman–Crippen MR) is 103 cm³/mol. The third kappa shape index (κ3) is 4.83. The zero-order chi connectivity index (χ0) is 20.1. The first-order valence-electron chi connectivity index (χ1n) is 9.60. The molecule has 2 aliphatic rings. The molecule has 0 aliphatic carbocycles. The van der Waals surface area contributed by atoms with Crippen molar-refractivity contribution in [2.75, 3.05) is 65.3 Å². The van der Waals surface area contributed by atoms with Crippen LogP contribution in [0.4, 0.5) is 0 Å². The summed E-state index contributed by atoms with van der Waals surface area (Å²) in [6.45, 7) is 6.84. The lowest BCUT2D eigenvalue weighted by Crippen LogP contribution is -2.51. The Morgan fingerprint density at radius 1 is 1.25 bits per heavy atom. The first kappa shape index (κ1) is 21.0. The molecule has 1 aromatic heterocycles. The number of ether oxygens (including phenoxy) is 2. The molecule has 28 heavy (non-hydrogen) atoms. The standard InChI is InChI=1S/C17H29N5O5S/c1-14-15(19-22-5-3-11-27-17(14)22)16(23)18-4-6-20-7-9-21(10-8-20)28(24,25)13-12-26-2/h3-13H2,1-2H3,(H,18,23). The van der Waals surface area contributed by atoms with E-state index in [1.807, 2.05) is 6.92 Å². The van der Waals surface area contributed by atoms with Crippen LogP contribution in [0.3, 0.4) is 0 Å². The van der Waals surface area contributed by atoms with Crippen LogP contribution in [-0.4, -0.2) is 98.7 Å². The zero-order valence-electron chi connectivity index (χ0n) is 16.5. The summed E-state index contributed by atoms with van der Waals surface area (Å²) >= 11 is 0. The Bertz CT molecular complexity index is 786. The van der Waals surface area contributed by atoms with Crippen molar-refractivity contribution in [3.63, 3.8) is 0 Å². The lowest BCUT2D eigenvalue weighted by atomic mass is 10.2. The van der Waals surface area contributed by atoms with Gasteiger partial charge in [-0.05, 0) is 6.92 Å². The normalized spacial score (nSPS) is 18.5. The van der Waals surface area contributed by atoms with Crippen LogP contribution in [0.5, 0.6) is 5.88 Å². The monoisotopic (exact) mass is 415 g/mol. The number of amides is 1. The van der Waals surface area contributed by atoms with E-state index >= 15 is 0 Å². The number of hydrogen-bond acceptors (Lipinski definition) is 7. The quantitative estimate of drug-likeness (QED) is 0.598. The molecule has 1 fully saturated rings. The van der Waals surface area contributed by atoms with Gasteiger partial charge in [-0.2, -0.15) is 9.40 Å². The maximum Gasteiger partial charge on any atom is 0.272 e. The molecule has 0 radical (unpaired) electrons. The van der Waals surface area contributed by atoms with Crippen molar-refractivity contribution in [2.45, 2.75) is 19.9 Å². The Balaban J connectivity index is 1.43. The second-order valence-corrected chi connectivity index (χ2v) is 9.10. The third-order valence-electron chi connectivity index (χ3n) is 5.08. The van der Waals surface area contributed by atoms with E-state index in [-0.39, 0.29) is 18.3 Å². The number of aryl methyl sites for hydroxylation is 1. The van der Waals surface area contributed by atoms with Crippen LogP contribution < -0.4 is 10.1 Å². The SMILES string of the molecule is COCCS(=O)(=O)N1CCN(CCNC(=O)c2nn3c(c2C)OCCC3)CC1. The number of fused-ring (bicyclic) bond motifs is 1. The zero-order valence-corrected chi connectivity index (χ0v) is 17.3. The molecule has 1 saturated heterocycles. The molecule has 0 atom stereocenters. The van der Waals surface area contributed by atoms with E-state index in [1.165, 1.54) is 11.4 Å². The van der Waals surface area contributed by atoms with Gasteiger partial charge in [0, 0.05) is 64.9 Å². The van der Waals surface area contributed by atoms with Gasteiger partial charge in [0.1, 0.15) is 0 Å². The van der Waals surface area contributed by atoms with Crippen molar-refractivity contribution >= 4 is 15.9 Å². The summed E-state index contributed by atoms with van der Waals surface area (Å²) in [5, 5.41) is 7.26. The first-order valence-corrected chi connectivity index (χ1v) is 11.2. The van der Waals surface area contributed by atoms with Crippen LogP contribution in [-0.2, 0) is 21.3 Å². The summed E-state index contributed by atoms with van der Waals surface area (Å²) in [6, 6.07) is 0. The predicted octanol–water partition coefficient (Wildman–Crippen LogP) is -0.702. The smallest absolute Gasteiger partial charge is 0.272 e. The van der Waals surface area contributed by atoms with Gasteiger partial charge in [-0.25, -0.2) is 13.1 Å². The minimum absolute atomic E-state index is 0.0112. The molecule has 0 unspecified atom stereocenters. The number of piperazine rings is 1. The number of nitrogens with zero attached hydrogens (tertiary/aromatic N) is 4. The minimum atomic E-state index is -3.26. The van der Waals surface area contributed by atoms with Crippen LogP contribution in [0.15, 0.2) is 0 Å². The highest BCUT2D eigenvalue weighted by Gasteiger charge is 2.27. The average molecular weight is 416 g/mol. The van der Waals surface area contributed by atoms with E-state index in [0.717, 1.165) is 18.5 Å². The Kier molecular flexibility index (Phi) is 6.91. The number of aromatic nitrogens is 2. The Hall–Kier alpha value is -1.69. The highest BCUT2D eigenvalue weighted by Crippen LogP contribution is 2.24. The first-order chi connectivity index (χ1) is 13.4. The molecule has 1 N–H and O–H groups in total. The van der Waals surface area contributed by atoms with E-state index < -0.39 is 10.0 Å². The van der Waals surface area contributed by atoms with Gasteiger partial charge < -0.3 is 14.8 Å². The molecule has 3 rings (SSSR count). The largest absolute Gasteiger partial charge is 0.478 e. The van der Waals surface area contributed by atoms with E-state index in [9.17, 15) is 13.2 Å². The second kappa shape index (κ2) is 9.21. The number of sulfonamides is 1. The number of rotatable bonds is 8. The van der Waals surface area contributed by atoms with Gasteiger partial charge in [0.15, 0.2) is 5.69 Å². The van der Waals surface area contributed by atoms with Gasteiger partial charge in [0.25, 0.3) is 5.91 Å². The van der Waals surface area contributed by atoms with Crippen molar-refractivity contribution in [3.8, 4) is 5.88 Å². The lowest BCUT2D eigenvalue weighted by molar-refractivity contribution is 0.0938. The molecule has 3 heterocycles. The highest BCUT2D eigenvalue weighted by atomic mass is 32.2. The topological polar surface area (TPSA) is 106 Å². The summed E-state index contributed by atoms with van der Waals surface area (Å²) in [6.07, 6.45) is 0.891. The number of nitrogens with one attached hydrogen (secondary N) is 1. The molecular weight excluding hydrogens is 386 g/mol. The molecule has 2 aliphatic heterocycles. The van der Waals surface area contributed by atoms with Gasteiger partial charge in [-0.15, -0.1) is 0 Å². The summed E-state index contributed by atoms with van der Waals surface area (Å²) < 4.78 is 38.1. The maximum atomic E-state index is 12.4. The molecular formula is C17H29N5O5S. The molecule has 158 valence electrons. The van der Waals surface area contributed by atoms with Crippen LogP contribution in [0.25, 0.3) is 0 Å². The number of hydrogen-bond donors (Lipinski definition) is 1. The van der Waals surface area contributed by atoms with Gasteiger partial charge in [-0.3, -0.25) is 9.69 Å². The van der Waals surface area contributed by atoms with E-state index in [1.54, 1.807) is 4.68 Å². The summed E-state index contributed by atoms with van der Waals surface area (Å²) in [4.78, 5) is 14.6. The molecule has 1 aromatic rings. The molecule has 10 nitrogen and oxygen atoms in total. The van der Waals surface area contributed by atoms with Gasteiger partial charge >= 0.3 is 0 Å². The fourth-order valence-corrected chi connectivity index (χ4v) is 4.78. The summed E-state index contributed by atoms with van der Waals surface area (Å²) in [7, 11) is -1.76. The average Bonchev–Trinajstić information content (AvgIpc) is 3.04. The van der Waals surface area contributed by atoms with E-state index in [4.69, 9.17) is 9.47 Å². The van der Waals surface area contributed by atoms with Crippen molar-refractivity contribution in [1.29, 1.82) is 0 Å². The Labute approximate surface area is 165 Å². The van der Waals surface area contributed by atoms with E-state index in [2.05, 4.69) is 15.3 Å². The number of carbonyl (C=O) groups excluding carboxylic acids is 1. The van der Waals surface area contributed by atoms with Crippen molar-refractivity contribution in [3.05, 3.63) is 11.3 Å². The van der Waals surface area contributed by atoms with E-state index in [0.29, 0.717) is 57.4 Å². The minimum Gasteiger partial charge on any atom is -0.478 e. The summed E-state index contributed by atoms with van der Waals surface area (Å²) in [5.74, 6) is 0.489. The highest BCUT2D eigenvalue weighted by molar-refractivity contribution is 7.89. The third-order valence-corrected chi connectivity index (χ3v) is 6.92. The fraction of sp³-hybridized carbons (Fsp3) is 0.765. The van der Waals surface area contributed by atoms with Crippen LogP contribution in [0.1, 0.15) is 22.5 Å². The lowest BCUT2D eigenvalue weighted by Gasteiger charge is -2.33. The number of carbonyl (C=O) groups is 1. The summed E-state index contributed by atoms with van der Waals surface area (Å²) in [5.41, 5.74) is 1.18. The van der Waals surface area contributed by atoms with Gasteiger partial charge in [-0.1, -0.05) is 0 Å². The molecule has 0 bridgehead atoms. The molecule has 11 heteroatoms. The Morgan fingerprint density at radius 2 is 2.00 bits per heavy atom. The second-order valence-electron chi connectivity index (χ2n) is 7.01. The molecule has 1 amide bonds. The van der Waals surface area contributed by atoms with Crippen LogP contribution >= 0.6 is 0 Å². The van der Waals surface area contributed by atoms with Crippen LogP contribution in [0, 0.1) is 6.92 Å². The van der Waals surface area contributed by atoms with Crippen molar-refractivity contribution < 1.29 is 22.7 Å². The Morgan fingerprint density at radius 3 is 2.68 bits per heavy atom.